The van der Waals surface area contributed by atoms with E-state index in [2.05, 4.69) is 43.7 Å². The third-order valence-corrected chi connectivity index (χ3v) is 3.91. The van der Waals surface area contributed by atoms with E-state index in [1.54, 1.807) is 36.4 Å². The van der Waals surface area contributed by atoms with Gasteiger partial charge in [0.25, 0.3) is 0 Å². The zero-order valence-corrected chi connectivity index (χ0v) is 15.6. The Balaban J connectivity index is 1.87. The minimum Gasteiger partial charge on any atom is -0.480 e. The normalized spacial score (nSPS) is 9.58. The second-order valence-corrected chi connectivity index (χ2v) is 6.36. The van der Waals surface area contributed by atoms with Crippen LogP contribution in [-0.2, 0) is 0 Å². The van der Waals surface area contributed by atoms with Gasteiger partial charge in [-0.25, -0.2) is 0 Å². The van der Waals surface area contributed by atoms with Crippen LogP contribution >= 0.6 is 31.9 Å². The third kappa shape index (κ3) is 5.22. The molecule has 2 aromatic carbocycles. The van der Waals surface area contributed by atoms with Crippen LogP contribution in [-0.4, -0.2) is 25.8 Å². The topological polar surface area (TPSA) is 52.6 Å². The van der Waals surface area contributed by atoms with Crippen molar-refractivity contribution in [2.45, 2.75) is 0 Å². The summed E-state index contributed by atoms with van der Waals surface area (Å²) in [7, 11) is 0. The summed E-state index contributed by atoms with van der Waals surface area (Å²) in [5.41, 5.74) is 0.904. The number of aldehydes is 2. The summed E-state index contributed by atoms with van der Waals surface area (Å²) in [5.74, 6) is 6.54. The second-order valence-electron chi connectivity index (χ2n) is 4.53. The van der Waals surface area contributed by atoms with Crippen molar-refractivity contribution in [1.82, 2.24) is 0 Å². The Bertz CT molecular complexity index is 741. The van der Waals surface area contributed by atoms with Crippen molar-refractivity contribution in [2.24, 2.45) is 0 Å². The van der Waals surface area contributed by atoms with Gasteiger partial charge in [0.2, 0.25) is 0 Å². The lowest BCUT2D eigenvalue weighted by Gasteiger charge is -2.06. The van der Waals surface area contributed by atoms with Gasteiger partial charge >= 0.3 is 0 Å². The van der Waals surface area contributed by atoms with Gasteiger partial charge in [0, 0.05) is 8.95 Å². The maximum absolute atomic E-state index is 11.0. The lowest BCUT2D eigenvalue weighted by Crippen LogP contribution is -2.00. The quantitative estimate of drug-likeness (QED) is 0.485. The number of benzene rings is 2. The maximum Gasteiger partial charge on any atom is 0.153 e. The second kappa shape index (κ2) is 9.26. The Morgan fingerprint density at radius 3 is 1.58 bits per heavy atom. The summed E-state index contributed by atoms with van der Waals surface area (Å²) >= 11 is 6.58. The summed E-state index contributed by atoms with van der Waals surface area (Å²) < 4.78 is 12.5. The number of rotatable bonds is 6. The average molecular weight is 452 g/mol. The predicted octanol–water partition coefficient (Wildman–Crippen LogP) is 4.30. The molecule has 0 N–H and O–H groups in total. The molecule has 0 amide bonds. The van der Waals surface area contributed by atoms with Crippen molar-refractivity contribution in [2.75, 3.05) is 13.2 Å². The van der Waals surface area contributed by atoms with Crippen LogP contribution in [0, 0.1) is 11.8 Å². The number of halogens is 2. The highest BCUT2D eigenvalue weighted by Gasteiger charge is 2.03. The summed E-state index contributed by atoms with van der Waals surface area (Å²) in [6.07, 6.45) is 1.45. The molecule has 122 valence electrons. The SMILES string of the molecule is O=Cc1cc(Br)ccc1OCC#CCOc1ccc(Br)cc1C=O. The summed E-state index contributed by atoms with van der Waals surface area (Å²) in [6, 6.07) is 10.3. The standard InChI is InChI=1S/C18H12Br2O4/c19-15-3-5-17(13(9-15)11-21)23-7-1-2-8-24-18-6-4-16(20)10-14(18)12-22/h3-6,9-12H,7-8H2. The Morgan fingerprint density at radius 2 is 1.21 bits per heavy atom. The van der Waals surface area contributed by atoms with E-state index in [4.69, 9.17) is 9.47 Å². The van der Waals surface area contributed by atoms with E-state index < -0.39 is 0 Å². The zero-order valence-electron chi connectivity index (χ0n) is 12.4. The molecule has 0 bridgehead atoms. The van der Waals surface area contributed by atoms with Crippen molar-refractivity contribution < 1.29 is 19.1 Å². The molecule has 2 aromatic rings. The molecule has 0 atom stereocenters. The predicted molar refractivity (Wildman–Crippen MR) is 97.8 cm³/mol. The van der Waals surface area contributed by atoms with Gasteiger partial charge < -0.3 is 9.47 Å². The Hall–Kier alpha value is -2.10. The van der Waals surface area contributed by atoms with E-state index in [9.17, 15) is 9.59 Å². The first-order valence-electron chi connectivity index (χ1n) is 6.85. The minimum absolute atomic E-state index is 0.132. The van der Waals surface area contributed by atoms with Gasteiger partial charge in [0.15, 0.2) is 12.6 Å². The highest BCUT2D eigenvalue weighted by Crippen LogP contribution is 2.22. The lowest BCUT2D eigenvalue weighted by atomic mass is 10.2. The molecule has 4 nitrogen and oxygen atoms in total. The monoisotopic (exact) mass is 450 g/mol. The van der Waals surface area contributed by atoms with Gasteiger partial charge in [-0.3, -0.25) is 9.59 Å². The molecule has 0 aliphatic heterocycles. The Kier molecular flexibility index (Phi) is 7.04. The first kappa shape index (κ1) is 18.2. The van der Waals surface area contributed by atoms with E-state index in [0.29, 0.717) is 22.6 Å². The van der Waals surface area contributed by atoms with Crippen LogP contribution in [0.4, 0.5) is 0 Å². The van der Waals surface area contributed by atoms with E-state index in [1.165, 1.54) is 0 Å². The van der Waals surface area contributed by atoms with Crippen LogP contribution in [0.3, 0.4) is 0 Å². The van der Waals surface area contributed by atoms with Gasteiger partial charge in [0.05, 0.1) is 11.1 Å². The van der Waals surface area contributed by atoms with Crippen molar-refractivity contribution in [1.29, 1.82) is 0 Å². The fourth-order valence-electron chi connectivity index (χ4n) is 1.82. The van der Waals surface area contributed by atoms with Crippen molar-refractivity contribution in [3.8, 4) is 23.3 Å². The highest BCUT2D eigenvalue weighted by molar-refractivity contribution is 9.10. The highest BCUT2D eigenvalue weighted by atomic mass is 79.9. The van der Waals surface area contributed by atoms with Gasteiger partial charge in [-0.2, -0.15) is 0 Å². The van der Waals surface area contributed by atoms with E-state index in [0.717, 1.165) is 21.5 Å². The Morgan fingerprint density at radius 1 is 0.792 bits per heavy atom. The molecule has 0 heterocycles. The van der Waals surface area contributed by atoms with Gasteiger partial charge in [-0.1, -0.05) is 43.7 Å². The van der Waals surface area contributed by atoms with Crippen LogP contribution in [0.5, 0.6) is 11.5 Å². The molecule has 0 fully saturated rings. The molecule has 24 heavy (non-hydrogen) atoms. The van der Waals surface area contributed by atoms with Crippen molar-refractivity contribution in [3.63, 3.8) is 0 Å². The molecule has 0 unspecified atom stereocenters. The number of hydrogen-bond acceptors (Lipinski definition) is 4. The van der Waals surface area contributed by atoms with Crippen LogP contribution in [0.2, 0.25) is 0 Å². The number of carbonyl (C=O) groups excluding carboxylic acids is 2. The van der Waals surface area contributed by atoms with Crippen LogP contribution in [0.1, 0.15) is 20.7 Å². The molecular formula is C18H12Br2O4. The number of hydrogen-bond donors (Lipinski definition) is 0. The molecule has 0 radical (unpaired) electrons. The molecule has 0 aliphatic rings. The van der Waals surface area contributed by atoms with Gasteiger partial charge in [-0.15, -0.1) is 0 Å². The van der Waals surface area contributed by atoms with Crippen molar-refractivity contribution in [3.05, 3.63) is 56.5 Å². The Labute approximate surface area is 156 Å². The van der Waals surface area contributed by atoms with E-state index in [1.807, 2.05) is 0 Å². The summed E-state index contributed by atoms with van der Waals surface area (Å²) in [5, 5.41) is 0. The van der Waals surface area contributed by atoms with Crippen LogP contribution < -0.4 is 9.47 Å². The van der Waals surface area contributed by atoms with E-state index >= 15 is 0 Å². The molecule has 0 saturated carbocycles. The van der Waals surface area contributed by atoms with Gasteiger partial charge in [0.1, 0.15) is 24.7 Å². The molecule has 0 aromatic heterocycles. The van der Waals surface area contributed by atoms with E-state index in [-0.39, 0.29) is 13.2 Å². The maximum atomic E-state index is 11.0. The average Bonchev–Trinajstić information content (AvgIpc) is 2.59. The number of carbonyl (C=O) groups is 2. The molecule has 6 heteroatoms. The fraction of sp³-hybridized carbons (Fsp3) is 0.111. The summed E-state index contributed by atoms with van der Waals surface area (Å²) in [6.45, 7) is 0.263. The van der Waals surface area contributed by atoms with Crippen molar-refractivity contribution >= 4 is 44.4 Å². The molecule has 2 rings (SSSR count). The lowest BCUT2D eigenvalue weighted by molar-refractivity contribution is 0.111. The molecule has 0 saturated heterocycles. The van der Waals surface area contributed by atoms with Crippen LogP contribution in [0.25, 0.3) is 0 Å². The van der Waals surface area contributed by atoms with Crippen LogP contribution in [0.15, 0.2) is 45.3 Å². The molecule has 0 spiro atoms. The summed E-state index contributed by atoms with van der Waals surface area (Å²) in [4.78, 5) is 21.9. The molecule has 0 aliphatic carbocycles. The zero-order chi connectivity index (χ0) is 17.4. The first-order valence-corrected chi connectivity index (χ1v) is 8.43. The van der Waals surface area contributed by atoms with Gasteiger partial charge in [-0.05, 0) is 36.4 Å². The largest absolute Gasteiger partial charge is 0.480 e. The number of ether oxygens (including phenoxy) is 2. The first-order chi connectivity index (χ1) is 11.6. The third-order valence-electron chi connectivity index (χ3n) is 2.92. The fourth-order valence-corrected chi connectivity index (χ4v) is 2.57. The molecular weight excluding hydrogens is 440 g/mol. The minimum atomic E-state index is 0.132. The smallest absolute Gasteiger partial charge is 0.153 e.